The van der Waals surface area contributed by atoms with Gasteiger partial charge < -0.3 is 23.6 Å². The monoisotopic (exact) mass is 405 g/mol. The number of hydrogen-bond donors (Lipinski definition) is 1. The largest absolute Gasteiger partial charge is 0.508 e. The SMILES string of the molecule is O=C(COc1ccc2ccc(=O)oc2c1)N(Cc1ccco1)Cc1ccccc1O. The van der Waals surface area contributed by atoms with Crippen molar-refractivity contribution in [2.24, 2.45) is 0 Å². The Balaban J connectivity index is 1.49. The minimum Gasteiger partial charge on any atom is -0.508 e. The van der Waals surface area contributed by atoms with Crippen molar-refractivity contribution in [3.63, 3.8) is 0 Å². The number of para-hydroxylation sites is 1. The molecule has 0 aliphatic carbocycles. The highest BCUT2D eigenvalue weighted by atomic mass is 16.5. The van der Waals surface area contributed by atoms with Gasteiger partial charge in [0, 0.05) is 29.6 Å². The molecule has 0 spiro atoms. The Hall–Kier alpha value is -4.00. The Morgan fingerprint density at radius 3 is 2.63 bits per heavy atom. The molecule has 2 aromatic carbocycles. The Bertz CT molecular complexity index is 1210. The highest BCUT2D eigenvalue weighted by Gasteiger charge is 2.18. The Labute approximate surface area is 171 Å². The van der Waals surface area contributed by atoms with Crippen molar-refractivity contribution in [1.29, 1.82) is 0 Å². The summed E-state index contributed by atoms with van der Waals surface area (Å²) >= 11 is 0. The van der Waals surface area contributed by atoms with Crippen molar-refractivity contribution in [3.8, 4) is 11.5 Å². The molecule has 1 amide bonds. The lowest BCUT2D eigenvalue weighted by molar-refractivity contribution is -0.134. The van der Waals surface area contributed by atoms with Crippen LogP contribution in [-0.4, -0.2) is 22.5 Å². The fourth-order valence-corrected chi connectivity index (χ4v) is 3.04. The number of benzene rings is 2. The number of fused-ring (bicyclic) bond motifs is 1. The lowest BCUT2D eigenvalue weighted by Crippen LogP contribution is -2.34. The van der Waals surface area contributed by atoms with Gasteiger partial charge in [0.1, 0.15) is 22.8 Å². The van der Waals surface area contributed by atoms with Crippen LogP contribution < -0.4 is 10.4 Å². The zero-order valence-electron chi connectivity index (χ0n) is 16.0. The van der Waals surface area contributed by atoms with E-state index in [1.807, 2.05) is 0 Å². The van der Waals surface area contributed by atoms with Crippen LogP contribution >= 0.6 is 0 Å². The van der Waals surface area contributed by atoms with Gasteiger partial charge in [-0.05, 0) is 36.4 Å². The smallest absolute Gasteiger partial charge is 0.336 e. The summed E-state index contributed by atoms with van der Waals surface area (Å²) in [6.07, 6.45) is 1.54. The van der Waals surface area contributed by atoms with Crippen LogP contribution in [0, 0.1) is 0 Å². The maximum absolute atomic E-state index is 12.9. The lowest BCUT2D eigenvalue weighted by Gasteiger charge is -2.22. The van der Waals surface area contributed by atoms with Gasteiger partial charge in [-0.1, -0.05) is 18.2 Å². The van der Waals surface area contributed by atoms with E-state index in [4.69, 9.17) is 13.6 Å². The van der Waals surface area contributed by atoms with Gasteiger partial charge in [0.05, 0.1) is 12.8 Å². The molecule has 0 atom stereocenters. The molecule has 0 saturated carbocycles. The molecule has 4 aromatic rings. The molecule has 0 saturated heterocycles. The van der Waals surface area contributed by atoms with E-state index in [1.165, 1.54) is 17.2 Å². The van der Waals surface area contributed by atoms with Gasteiger partial charge in [0.15, 0.2) is 6.61 Å². The van der Waals surface area contributed by atoms with E-state index < -0.39 is 5.63 Å². The summed E-state index contributed by atoms with van der Waals surface area (Å²) in [5.74, 6) is 0.849. The van der Waals surface area contributed by atoms with Crippen LogP contribution in [0.1, 0.15) is 11.3 Å². The topological polar surface area (TPSA) is 93.1 Å². The number of carbonyl (C=O) groups excluding carboxylic acids is 1. The van der Waals surface area contributed by atoms with Crippen LogP contribution in [0.4, 0.5) is 0 Å². The summed E-state index contributed by atoms with van der Waals surface area (Å²) in [5, 5.41) is 10.8. The van der Waals surface area contributed by atoms with Gasteiger partial charge >= 0.3 is 5.63 Å². The predicted octanol–water partition coefficient (Wildman–Crippen LogP) is 3.70. The van der Waals surface area contributed by atoms with E-state index in [-0.39, 0.29) is 31.4 Å². The minimum absolute atomic E-state index is 0.111. The van der Waals surface area contributed by atoms with Gasteiger partial charge in [0.2, 0.25) is 0 Å². The number of carbonyl (C=O) groups is 1. The van der Waals surface area contributed by atoms with Crippen molar-refractivity contribution in [2.45, 2.75) is 13.1 Å². The highest BCUT2D eigenvalue weighted by molar-refractivity contribution is 5.79. The Morgan fingerprint density at radius 1 is 1.00 bits per heavy atom. The fourth-order valence-electron chi connectivity index (χ4n) is 3.04. The molecule has 0 unspecified atom stereocenters. The average Bonchev–Trinajstić information content (AvgIpc) is 3.26. The van der Waals surface area contributed by atoms with Crippen molar-refractivity contribution in [3.05, 3.63) is 94.7 Å². The maximum atomic E-state index is 12.9. The third kappa shape index (κ3) is 4.52. The van der Waals surface area contributed by atoms with Crippen molar-refractivity contribution in [1.82, 2.24) is 4.90 Å². The number of aromatic hydroxyl groups is 1. The van der Waals surface area contributed by atoms with Crippen molar-refractivity contribution in [2.75, 3.05) is 6.61 Å². The maximum Gasteiger partial charge on any atom is 0.336 e. The van der Waals surface area contributed by atoms with Gasteiger partial charge in [-0.25, -0.2) is 4.79 Å². The minimum atomic E-state index is -0.456. The first kappa shape index (κ1) is 19.3. The zero-order chi connectivity index (χ0) is 20.9. The molecule has 0 aliphatic rings. The van der Waals surface area contributed by atoms with E-state index in [9.17, 15) is 14.7 Å². The number of hydrogen-bond acceptors (Lipinski definition) is 6. The second kappa shape index (κ2) is 8.57. The van der Waals surface area contributed by atoms with Gasteiger partial charge in [-0.2, -0.15) is 0 Å². The molecule has 2 heterocycles. The molecule has 0 aliphatic heterocycles. The molecule has 0 radical (unpaired) electrons. The summed E-state index contributed by atoms with van der Waals surface area (Å²) in [5.41, 5.74) is 0.544. The molecular weight excluding hydrogens is 386 g/mol. The van der Waals surface area contributed by atoms with Gasteiger partial charge in [0.25, 0.3) is 5.91 Å². The number of phenols is 1. The number of rotatable bonds is 7. The van der Waals surface area contributed by atoms with E-state index >= 15 is 0 Å². The molecule has 4 rings (SSSR count). The molecule has 7 heteroatoms. The normalized spacial score (nSPS) is 10.8. The van der Waals surface area contributed by atoms with Crippen molar-refractivity contribution < 1.29 is 23.5 Å². The van der Waals surface area contributed by atoms with E-state index in [0.717, 1.165) is 5.39 Å². The molecule has 30 heavy (non-hydrogen) atoms. The number of furan rings is 1. The Morgan fingerprint density at radius 2 is 1.83 bits per heavy atom. The molecular formula is C23H19NO6. The second-order valence-corrected chi connectivity index (χ2v) is 6.70. The number of ether oxygens (including phenoxy) is 1. The van der Waals surface area contributed by atoms with Crippen LogP contribution in [0.25, 0.3) is 11.0 Å². The second-order valence-electron chi connectivity index (χ2n) is 6.70. The summed E-state index contributed by atoms with van der Waals surface area (Å²) in [7, 11) is 0. The molecule has 2 aromatic heterocycles. The molecule has 152 valence electrons. The van der Waals surface area contributed by atoms with Crippen molar-refractivity contribution >= 4 is 16.9 Å². The van der Waals surface area contributed by atoms with Gasteiger partial charge in [-0.3, -0.25) is 4.79 Å². The third-order valence-corrected chi connectivity index (χ3v) is 4.59. The van der Waals surface area contributed by atoms with E-state index in [0.29, 0.717) is 22.7 Å². The third-order valence-electron chi connectivity index (χ3n) is 4.59. The lowest BCUT2D eigenvalue weighted by atomic mass is 10.2. The van der Waals surface area contributed by atoms with Gasteiger partial charge in [-0.15, -0.1) is 0 Å². The first-order chi connectivity index (χ1) is 14.6. The number of phenolic OH excluding ortho intramolecular Hbond substituents is 1. The van der Waals surface area contributed by atoms with E-state index in [2.05, 4.69) is 0 Å². The zero-order valence-corrected chi connectivity index (χ0v) is 16.0. The molecule has 0 fully saturated rings. The quantitative estimate of drug-likeness (QED) is 0.471. The van der Waals surface area contributed by atoms with Crippen LogP contribution in [0.2, 0.25) is 0 Å². The highest BCUT2D eigenvalue weighted by Crippen LogP contribution is 2.21. The van der Waals surface area contributed by atoms with Crippen LogP contribution in [0.5, 0.6) is 11.5 Å². The summed E-state index contributed by atoms with van der Waals surface area (Å²) in [6, 6.07) is 18.4. The fraction of sp³-hybridized carbons (Fsp3) is 0.130. The number of amides is 1. The van der Waals surface area contributed by atoms with E-state index in [1.54, 1.807) is 60.7 Å². The standard InChI is InChI=1S/C23H19NO6/c25-20-6-2-1-4-17(20)13-24(14-19-5-3-11-28-19)22(26)15-29-18-9-7-16-8-10-23(27)30-21(16)12-18/h1-12,25H,13-15H2. The molecule has 7 nitrogen and oxygen atoms in total. The van der Waals surface area contributed by atoms with Crippen LogP contribution in [-0.2, 0) is 17.9 Å². The number of nitrogens with zero attached hydrogens (tertiary/aromatic N) is 1. The molecule has 0 bridgehead atoms. The first-order valence-corrected chi connectivity index (χ1v) is 9.32. The summed E-state index contributed by atoms with van der Waals surface area (Å²) in [6.45, 7) is 0.204. The summed E-state index contributed by atoms with van der Waals surface area (Å²) in [4.78, 5) is 25.8. The summed E-state index contributed by atoms with van der Waals surface area (Å²) < 4.78 is 16.2. The molecule has 1 N–H and O–H groups in total. The first-order valence-electron chi connectivity index (χ1n) is 9.32. The van der Waals surface area contributed by atoms with Crippen LogP contribution in [0.3, 0.4) is 0 Å². The average molecular weight is 405 g/mol. The van der Waals surface area contributed by atoms with Crippen LogP contribution in [0.15, 0.2) is 86.6 Å². The Kier molecular flexibility index (Phi) is 5.52. The predicted molar refractivity (Wildman–Crippen MR) is 109 cm³/mol.